The smallest absolute Gasteiger partial charge is 0.387 e. The number of urea groups is 1. The normalized spacial score (nSPS) is 17.9. The van der Waals surface area contributed by atoms with Crippen LogP contribution in [0.1, 0.15) is 22.6 Å². The molecule has 1 atom stereocenters. The minimum Gasteiger partial charge on any atom is -0.495 e. The maximum absolute atomic E-state index is 14.4. The summed E-state index contributed by atoms with van der Waals surface area (Å²) in [5.74, 6) is -0.152. The van der Waals surface area contributed by atoms with E-state index in [1.165, 1.54) is 49.2 Å². The number of carbonyl (C=O) groups excluding carboxylic acids is 1. The van der Waals surface area contributed by atoms with Gasteiger partial charge in [0.05, 0.1) is 18.2 Å². The summed E-state index contributed by atoms with van der Waals surface area (Å²) in [5.41, 5.74) is 0.715. The molecule has 7 nitrogen and oxygen atoms in total. The third kappa shape index (κ3) is 4.58. The molecule has 1 saturated heterocycles. The molecule has 0 radical (unpaired) electrons. The van der Waals surface area contributed by atoms with Crippen molar-refractivity contribution in [2.75, 3.05) is 25.5 Å². The first-order valence-electron chi connectivity index (χ1n) is 10.0. The van der Waals surface area contributed by atoms with Gasteiger partial charge in [-0.1, -0.05) is 12.1 Å². The monoisotopic (exact) mass is 478 g/mol. The van der Waals surface area contributed by atoms with Crippen molar-refractivity contribution in [3.63, 3.8) is 0 Å². The molecule has 174 valence electrons. The number of nitrogens with zero attached hydrogens (tertiary/aromatic N) is 3. The topological polar surface area (TPSA) is 76.6 Å². The van der Waals surface area contributed by atoms with Crippen molar-refractivity contribution >= 4 is 23.3 Å². The Morgan fingerprint density at radius 3 is 2.76 bits per heavy atom. The van der Waals surface area contributed by atoms with Crippen molar-refractivity contribution in [1.82, 2.24) is 14.3 Å². The van der Waals surface area contributed by atoms with Gasteiger partial charge in [-0.25, -0.2) is 14.2 Å². The number of likely N-dealkylation sites (tertiary alicyclic amines) is 1. The van der Waals surface area contributed by atoms with Crippen LogP contribution >= 0.6 is 11.5 Å². The molecule has 1 aromatic heterocycles. The number of alkyl halides is 2. The molecule has 2 amide bonds. The number of aryl methyl sites for hydroxylation is 1. The molecule has 2 aromatic carbocycles. The van der Waals surface area contributed by atoms with Gasteiger partial charge in [0, 0.05) is 19.2 Å². The summed E-state index contributed by atoms with van der Waals surface area (Å²) in [7, 11) is 1.40. The molecule has 1 aliphatic heterocycles. The molecule has 11 heteroatoms. The van der Waals surface area contributed by atoms with Gasteiger partial charge in [0.15, 0.2) is 0 Å². The van der Waals surface area contributed by atoms with Gasteiger partial charge in [-0.05, 0) is 54.2 Å². The average Bonchev–Trinajstić information content (AvgIpc) is 3.46. The number of amides is 2. The fourth-order valence-electron chi connectivity index (χ4n) is 3.95. The molecule has 2 heterocycles. The Bertz CT molecular complexity index is 1150. The van der Waals surface area contributed by atoms with E-state index in [2.05, 4.69) is 19.4 Å². The zero-order valence-electron chi connectivity index (χ0n) is 17.8. The summed E-state index contributed by atoms with van der Waals surface area (Å²) in [5, 5.41) is 3.39. The number of ether oxygens (including phenoxy) is 2. The second-order valence-electron chi connectivity index (χ2n) is 7.63. The molecule has 1 fully saturated rings. The summed E-state index contributed by atoms with van der Waals surface area (Å²) in [6.07, 6.45) is 1.96. The summed E-state index contributed by atoms with van der Waals surface area (Å²) in [4.78, 5) is 19.0. The van der Waals surface area contributed by atoms with Crippen LogP contribution in [0.2, 0.25) is 0 Å². The van der Waals surface area contributed by atoms with E-state index in [0.717, 1.165) is 0 Å². The van der Waals surface area contributed by atoms with Crippen LogP contribution in [0, 0.1) is 12.7 Å². The van der Waals surface area contributed by atoms with Gasteiger partial charge >= 0.3 is 12.6 Å². The summed E-state index contributed by atoms with van der Waals surface area (Å²) in [6, 6.07) is 8.59. The first-order valence-corrected chi connectivity index (χ1v) is 10.8. The molecule has 1 aliphatic rings. The molecule has 0 aliphatic carbocycles. The number of benzene rings is 2. The number of anilines is 1. The van der Waals surface area contributed by atoms with Crippen molar-refractivity contribution in [1.29, 1.82) is 0 Å². The second-order valence-corrected chi connectivity index (χ2v) is 8.41. The summed E-state index contributed by atoms with van der Waals surface area (Å²) >= 11 is 1.21. The first-order chi connectivity index (χ1) is 15.8. The predicted octanol–water partition coefficient (Wildman–Crippen LogP) is 4.82. The Hall–Kier alpha value is -3.34. The van der Waals surface area contributed by atoms with Crippen LogP contribution in [0.3, 0.4) is 0 Å². The molecular formula is C22H21F3N4O3S. The van der Waals surface area contributed by atoms with Crippen LogP contribution in [-0.4, -0.2) is 47.1 Å². The molecule has 4 rings (SSSR count). The van der Waals surface area contributed by atoms with E-state index in [1.807, 2.05) is 6.07 Å². The zero-order chi connectivity index (χ0) is 23.6. The molecule has 0 spiro atoms. The van der Waals surface area contributed by atoms with Crippen LogP contribution < -0.4 is 14.8 Å². The number of nitrogens with one attached hydrogen (secondary N) is 1. The third-order valence-corrected chi connectivity index (χ3v) is 6.56. The first kappa shape index (κ1) is 22.8. The largest absolute Gasteiger partial charge is 0.495 e. The molecule has 0 bridgehead atoms. The SMILES string of the molecule is COc1ccc(OC(F)F)cc1NC(=O)N1CCC(c2ccc(C)c(F)c2)(c2ncns2)C1. The quantitative estimate of drug-likeness (QED) is 0.550. The highest BCUT2D eigenvalue weighted by Crippen LogP contribution is 2.42. The van der Waals surface area contributed by atoms with E-state index < -0.39 is 18.1 Å². The lowest BCUT2D eigenvalue weighted by atomic mass is 9.80. The van der Waals surface area contributed by atoms with E-state index in [9.17, 15) is 18.0 Å². The van der Waals surface area contributed by atoms with E-state index in [1.54, 1.807) is 17.9 Å². The van der Waals surface area contributed by atoms with Crippen LogP contribution in [0.5, 0.6) is 11.5 Å². The molecular weight excluding hydrogens is 457 g/mol. The molecule has 1 N–H and O–H groups in total. The fourth-order valence-corrected chi connectivity index (χ4v) is 4.69. The van der Waals surface area contributed by atoms with Gasteiger partial charge in [-0.2, -0.15) is 13.2 Å². The number of rotatable bonds is 6. The zero-order valence-corrected chi connectivity index (χ0v) is 18.7. The summed E-state index contributed by atoms with van der Waals surface area (Å²) in [6.45, 7) is -0.699. The van der Waals surface area contributed by atoms with Gasteiger partial charge in [0.2, 0.25) is 0 Å². The Labute approximate surface area is 192 Å². The molecule has 33 heavy (non-hydrogen) atoms. The lowest BCUT2D eigenvalue weighted by Gasteiger charge is -2.28. The minimum atomic E-state index is -3.00. The van der Waals surface area contributed by atoms with Crippen LogP contribution in [0.25, 0.3) is 0 Å². The van der Waals surface area contributed by atoms with Gasteiger partial charge < -0.3 is 19.7 Å². The lowest BCUT2D eigenvalue weighted by Crippen LogP contribution is -2.37. The van der Waals surface area contributed by atoms with E-state index in [4.69, 9.17) is 4.74 Å². The Balaban J connectivity index is 1.60. The van der Waals surface area contributed by atoms with Gasteiger partial charge in [0.25, 0.3) is 0 Å². The highest BCUT2D eigenvalue weighted by atomic mass is 32.1. The lowest BCUT2D eigenvalue weighted by molar-refractivity contribution is -0.0498. The average molecular weight is 478 g/mol. The highest BCUT2D eigenvalue weighted by molar-refractivity contribution is 7.05. The predicted molar refractivity (Wildman–Crippen MR) is 117 cm³/mol. The van der Waals surface area contributed by atoms with Crippen molar-refractivity contribution in [3.05, 3.63) is 64.7 Å². The van der Waals surface area contributed by atoms with Crippen LogP contribution in [0.4, 0.5) is 23.7 Å². The number of halogens is 3. The number of carbonyl (C=O) groups is 1. The number of aromatic nitrogens is 2. The standard InChI is InChI=1S/C22H21F3N4O3S/c1-13-3-4-14(9-16(13)23)22(19-26-12-27-33-19)7-8-29(11-22)21(30)28-17-10-15(32-20(24)25)5-6-18(17)31-2/h3-6,9-10,12,20H,7-8,11H2,1-2H3,(H,28,30). The minimum absolute atomic E-state index is 0.110. The van der Waals surface area contributed by atoms with Gasteiger partial charge in [0.1, 0.15) is 28.7 Å². The Morgan fingerprint density at radius 2 is 2.09 bits per heavy atom. The molecule has 0 saturated carbocycles. The highest BCUT2D eigenvalue weighted by Gasteiger charge is 2.45. The maximum atomic E-state index is 14.4. The van der Waals surface area contributed by atoms with Crippen LogP contribution in [0.15, 0.2) is 42.7 Å². The summed E-state index contributed by atoms with van der Waals surface area (Å²) < 4.78 is 53.3. The van der Waals surface area contributed by atoms with Crippen LogP contribution in [-0.2, 0) is 5.41 Å². The number of hydrogen-bond acceptors (Lipinski definition) is 6. The van der Waals surface area contributed by atoms with Gasteiger partial charge in [-0.3, -0.25) is 0 Å². The van der Waals surface area contributed by atoms with Crippen molar-refractivity contribution in [2.24, 2.45) is 0 Å². The number of hydrogen-bond donors (Lipinski definition) is 1. The van der Waals surface area contributed by atoms with E-state index >= 15 is 0 Å². The fraction of sp³-hybridized carbons (Fsp3) is 0.318. The second kappa shape index (κ2) is 9.26. The van der Waals surface area contributed by atoms with Crippen molar-refractivity contribution in [2.45, 2.75) is 25.4 Å². The number of methoxy groups -OCH3 is 1. The van der Waals surface area contributed by atoms with Crippen molar-refractivity contribution < 1.29 is 27.4 Å². The molecule has 3 aromatic rings. The van der Waals surface area contributed by atoms with E-state index in [0.29, 0.717) is 34.8 Å². The third-order valence-electron chi connectivity index (χ3n) is 5.69. The molecule has 1 unspecified atom stereocenters. The maximum Gasteiger partial charge on any atom is 0.387 e. The van der Waals surface area contributed by atoms with Crippen molar-refractivity contribution in [3.8, 4) is 11.5 Å². The van der Waals surface area contributed by atoms with Gasteiger partial charge in [-0.15, -0.1) is 0 Å². The van der Waals surface area contributed by atoms with E-state index in [-0.39, 0.29) is 23.8 Å². The Morgan fingerprint density at radius 1 is 1.27 bits per heavy atom. The Kier molecular flexibility index (Phi) is 6.41.